The summed E-state index contributed by atoms with van der Waals surface area (Å²) >= 11 is 0. The lowest BCUT2D eigenvalue weighted by molar-refractivity contribution is -0.144. The summed E-state index contributed by atoms with van der Waals surface area (Å²) in [6, 6.07) is 77.1. The first-order valence-corrected chi connectivity index (χ1v) is 20.8. The molecule has 57 heavy (non-hydrogen) atoms. The Balaban J connectivity index is 1.42. The van der Waals surface area contributed by atoms with Gasteiger partial charge in [-0.15, -0.1) is 0 Å². The number of carbonyl (C=O) groups excluding carboxylic acids is 2. The fourth-order valence-corrected chi connectivity index (χ4v) is 10.9. The summed E-state index contributed by atoms with van der Waals surface area (Å²) < 4.78 is 14.5. The van der Waals surface area contributed by atoms with Crippen molar-refractivity contribution >= 4 is 30.9 Å². The first-order chi connectivity index (χ1) is 28.1. The van der Waals surface area contributed by atoms with Crippen LogP contribution in [-0.2, 0) is 29.3 Å². The summed E-state index contributed by atoms with van der Waals surface area (Å²) in [5.74, 6) is -1.13. The molecule has 8 aromatic rings. The third-order valence-electron chi connectivity index (χ3n) is 10.6. The van der Waals surface area contributed by atoms with Gasteiger partial charge in [0, 0.05) is 10.4 Å². The van der Waals surface area contributed by atoms with E-state index in [1.54, 1.807) is 0 Å². The maximum Gasteiger partial charge on any atom is 0.535 e. The molecule has 0 heterocycles. The summed E-state index contributed by atoms with van der Waals surface area (Å²) in [7, 11) is -4.39. The minimum absolute atomic E-state index is 0.567. The fraction of sp³-hybridized carbons (Fsp3) is 0.0385. The number of hydrogen-bond donors (Lipinski definition) is 0. The number of rotatable bonds is 12. The molecule has 0 saturated heterocycles. The molecule has 0 N–H and O–H groups in total. The second-order valence-corrected chi connectivity index (χ2v) is 16.6. The van der Waals surface area contributed by atoms with Crippen molar-refractivity contribution in [2.45, 2.75) is 10.8 Å². The van der Waals surface area contributed by atoms with E-state index >= 15 is 9.59 Å². The molecule has 0 radical (unpaired) electrons. The normalized spacial score (nSPS) is 11.6. The van der Waals surface area contributed by atoms with E-state index in [-0.39, 0.29) is 0 Å². The average Bonchev–Trinajstić information content (AvgIpc) is 3.29. The van der Waals surface area contributed by atoms with Gasteiger partial charge in [-0.3, -0.25) is 9.59 Å². The molecule has 0 fully saturated rings. The predicted molar refractivity (Wildman–Crippen MR) is 229 cm³/mol. The van der Waals surface area contributed by atoms with Crippen LogP contribution in [-0.4, -0.2) is 20.5 Å². The smallest absolute Gasteiger partial charge is 0.477 e. The third-order valence-corrected chi connectivity index (χ3v) is 13.8. The van der Waals surface area contributed by atoms with Crippen LogP contribution in [0.3, 0.4) is 0 Å². The van der Waals surface area contributed by atoms with Gasteiger partial charge in [-0.1, -0.05) is 243 Å². The summed E-state index contributed by atoms with van der Waals surface area (Å²) in [5.41, 5.74) is 1.40. The summed E-state index contributed by atoms with van der Waals surface area (Å²) in [5, 5.41) is 1.20. The van der Waals surface area contributed by atoms with Crippen LogP contribution in [0.4, 0.5) is 0 Å². The molecule has 8 rings (SSSR count). The fourth-order valence-electron chi connectivity index (χ4n) is 7.99. The summed E-state index contributed by atoms with van der Waals surface area (Å²) in [6.07, 6.45) is 0. The Labute approximate surface area is 334 Å². The van der Waals surface area contributed by atoms with E-state index in [1.165, 1.54) is 0 Å². The monoisotopic (exact) mass is 756 g/mol. The SMILES string of the molecule is O=C(O[Si](OC(=O)C(c1ccccc1)(c1ccccc1)c1ccccc1)(c1ccccc1)c1ccccc1)C(c1ccccc1)(c1ccccc1)c1ccccc1. The minimum Gasteiger partial charge on any atom is -0.477 e. The number of carbonyl (C=O) groups is 2. The van der Waals surface area contributed by atoms with Gasteiger partial charge < -0.3 is 8.85 Å². The van der Waals surface area contributed by atoms with Crippen LogP contribution < -0.4 is 10.4 Å². The second kappa shape index (κ2) is 16.3. The first-order valence-electron chi connectivity index (χ1n) is 19.0. The average molecular weight is 757 g/mol. The molecular weight excluding hydrogens is 717 g/mol. The lowest BCUT2D eigenvalue weighted by Gasteiger charge is -2.40. The number of hydrogen-bond acceptors (Lipinski definition) is 4. The standard InChI is InChI=1S/C52H40O4Si/c53-49(51(41-25-9-1-10-26-41,42-27-11-2-12-28-42)43-29-13-3-14-30-43)55-57(47-37-21-7-22-38-47,48-39-23-8-24-40-48)56-50(54)52(44-31-15-4-16-32-44,45-33-17-5-18-34-45)46-35-19-6-20-36-46/h1-40H. The van der Waals surface area contributed by atoms with Crippen molar-refractivity contribution in [3.63, 3.8) is 0 Å². The maximum absolute atomic E-state index is 16.1. The molecule has 276 valence electrons. The minimum atomic E-state index is -4.39. The second-order valence-electron chi connectivity index (χ2n) is 13.8. The molecule has 0 aromatic heterocycles. The van der Waals surface area contributed by atoms with Crippen LogP contribution in [0.2, 0.25) is 0 Å². The van der Waals surface area contributed by atoms with Crippen molar-refractivity contribution < 1.29 is 18.4 Å². The van der Waals surface area contributed by atoms with Crippen LogP contribution >= 0.6 is 0 Å². The summed E-state index contributed by atoms with van der Waals surface area (Å²) in [4.78, 5) is 32.2. The Morgan fingerprint density at radius 2 is 0.456 bits per heavy atom. The van der Waals surface area contributed by atoms with E-state index in [0.29, 0.717) is 10.4 Å². The van der Waals surface area contributed by atoms with Crippen molar-refractivity contribution in [1.82, 2.24) is 0 Å². The molecular formula is C52H40O4Si. The summed E-state index contributed by atoms with van der Waals surface area (Å²) in [6.45, 7) is 0. The largest absolute Gasteiger partial charge is 0.535 e. The van der Waals surface area contributed by atoms with Gasteiger partial charge in [0.2, 0.25) is 0 Å². The topological polar surface area (TPSA) is 52.6 Å². The van der Waals surface area contributed by atoms with Crippen molar-refractivity contribution in [2.75, 3.05) is 0 Å². The van der Waals surface area contributed by atoms with Crippen molar-refractivity contribution in [3.05, 3.63) is 276 Å². The zero-order chi connectivity index (χ0) is 39.0. The van der Waals surface area contributed by atoms with E-state index in [2.05, 4.69) is 0 Å². The van der Waals surface area contributed by atoms with Gasteiger partial charge in [0.25, 0.3) is 0 Å². The Bertz CT molecular complexity index is 2140. The highest BCUT2D eigenvalue weighted by atomic mass is 28.4. The van der Waals surface area contributed by atoms with Gasteiger partial charge >= 0.3 is 20.5 Å². The predicted octanol–water partition coefficient (Wildman–Crippen LogP) is 9.40. The van der Waals surface area contributed by atoms with Gasteiger partial charge in [-0.25, -0.2) is 0 Å². The van der Waals surface area contributed by atoms with Gasteiger partial charge in [0.15, 0.2) is 0 Å². The molecule has 0 aliphatic heterocycles. The van der Waals surface area contributed by atoms with E-state index in [4.69, 9.17) is 8.85 Å². The molecule has 5 heteroatoms. The Morgan fingerprint density at radius 1 is 0.281 bits per heavy atom. The van der Waals surface area contributed by atoms with Gasteiger partial charge in [0.1, 0.15) is 10.8 Å². The third kappa shape index (κ3) is 6.68. The van der Waals surface area contributed by atoms with Crippen LogP contribution in [0.25, 0.3) is 0 Å². The molecule has 8 aromatic carbocycles. The molecule has 0 aliphatic rings. The Hall–Kier alpha value is -7.08. The highest BCUT2D eigenvalue weighted by Crippen LogP contribution is 2.44. The van der Waals surface area contributed by atoms with Crippen LogP contribution in [0.1, 0.15) is 33.4 Å². The van der Waals surface area contributed by atoms with Gasteiger partial charge in [0.05, 0.1) is 0 Å². The van der Waals surface area contributed by atoms with Crippen molar-refractivity contribution in [2.24, 2.45) is 0 Å². The molecule has 4 nitrogen and oxygen atoms in total. The Morgan fingerprint density at radius 3 is 0.649 bits per heavy atom. The molecule has 0 aliphatic carbocycles. The zero-order valence-electron chi connectivity index (χ0n) is 31.2. The van der Waals surface area contributed by atoms with E-state index in [9.17, 15) is 0 Å². The molecule has 0 saturated carbocycles. The van der Waals surface area contributed by atoms with Crippen LogP contribution in [0.5, 0.6) is 0 Å². The van der Waals surface area contributed by atoms with Gasteiger partial charge in [-0.05, 0) is 33.4 Å². The maximum atomic E-state index is 16.1. The quantitative estimate of drug-likeness (QED) is 0.0922. The lowest BCUT2D eigenvalue weighted by Crippen LogP contribution is -2.67. The van der Waals surface area contributed by atoms with E-state index in [0.717, 1.165) is 33.4 Å². The van der Waals surface area contributed by atoms with Crippen molar-refractivity contribution in [3.8, 4) is 0 Å². The Kier molecular flexibility index (Phi) is 10.6. The zero-order valence-corrected chi connectivity index (χ0v) is 32.2. The molecule has 0 amide bonds. The number of benzene rings is 8. The van der Waals surface area contributed by atoms with Gasteiger partial charge in [-0.2, -0.15) is 0 Å². The molecule has 0 spiro atoms. The van der Waals surface area contributed by atoms with E-state index in [1.807, 2.05) is 243 Å². The highest BCUT2D eigenvalue weighted by molar-refractivity contribution is 6.94. The van der Waals surface area contributed by atoms with Crippen LogP contribution in [0, 0.1) is 0 Å². The lowest BCUT2D eigenvalue weighted by atomic mass is 9.69. The van der Waals surface area contributed by atoms with E-state index < -0.39 is 31.3 Å². The van der Waals surface area contributed by atoms with Crippen LogP contribution in [0.15, 0.2) is 243 Å². The van der Waals surface area contributed by atoms with Crippen molar-refractivity contribution in [1.29, 1.82) is 0 Å². The molecule has 0 atom stereocenters. The molecule has 0 bridgehead atoms. The first kappa shape index (κ1) is 36.9. The molecule has 0 unspecified atom stereocenters. The highest BCUT2D eigenvalue weighted by Gasteiger charge is 2.58.